The molecule has 0 amide bonds. The molecule has 1 heterocycles. The number of nitrogens with zero attached hydrogens (tertiary/aromatic N) is 1. The van der Waals surface area contributed by atoms with Crippen LogP contribution in [0.25, 0.3) is 6.08 Å². The molecular weight excluding hydrogens is 334 g/mol. The number of rotatable bonds is 7. The average molecular weight is 361 g/mol. The summed E-state index contributed by atoms with van der Waals surface area (Å²) in [5, 5.41) is 0. The molecule has 0 saturated carbocycles. The number of ether oxygens (including phenoxy) is 3. The second-order valence-corrected chi connectivity index (χ2v) is 6.26. The van der Waals surface area contributed by atoms with Crippen molar-refractivity contribution >= 4 is 18.0 Å². The Morgan fingerprint density at radius 1 is 1.31 bits per heavy atom. The average Bonchev–Trinajstić information content (AvgIpc) is 2.63. The van der Waals surface area contributed by atoms with E-state index in [1.165, 1.54) is 6.92 Å². The molecule has 1 atom stereocenters. The molecule has 0 aromatic heterocycles. The van der Waals surface area contributed by atoms with Crippen LogP contribution in [0.5, 0.6) is 11.5 Å². The lowest BCUT2D eigenvalue weighted by Gasteiger charge is -2.30. The minimum absolute atomic E-state index is 0.0276. The summed E-state index contributed by atoms with van der Waals surface area (Å²) in [4.78, 5) is 25.3. The summed E-state index contributed by atoms with van der Waals surface area (Å²) in [5.74, 6) is 0.424. The second-order valence-electron chi connectivity index (χ2n) is 6.26. The van der Waals surface area contributed by atoms with Crippen molar-refractivity contribution in [3.63, 3.8) is 0 Å². The lowest BCUT2D eigenvalue weighted by Crippen LogP contribution is -2.39. The largest absolute Gasteiger partial charge is 0.493 e. The van der Waals surface area contributed by atoms with Crippen LogP contribution in [0.4, 0.5) is 0 Å². The van der Waals surface area contributed by atoms with Gasteiger partial charge in [0.05, 0.1) is 19.6 Å². The molecule has 1 saturated heterocycles. The van der Waals surface area contributed by atoms with Crippen LogP contribution < -0.4 is 9.47 Å². The number of benzene rings is 1. The Labute approximate surface area is 154 Å². The Kier molecular flexibility index (Phi) is 7.66. The quantitative estimate of drug-likeness (QED) is 0.550. The molecule has 0 radical (unpaired) electrons. The summed E-state index contributed by atoms with van der Waals surface area (Å²) in [7, 11) is 1.54. The third kappa shape index (κ3) is 5.88. The summed E-state index contributed by atoms with van der Waals surface area (Å²) >= 11 is 0. The summed E-state index contributed by atoms with van der Waals surface area (Å²) in [6.07, 6.45) is 5.96. The Morgan fingerprint density at radius 3 is 2.81 bits per heavy atom. The number of likely N-dealkylation sites (tertiary alicyclic amines) is 1. The van der Waals surface area contributed by atoms with Crippen LogP contribution in [0.1, 0.15) is 32.3 Å². The van der Waals surface area contributed by atoms with E-state index in [4.69, 9.17) is 14.2 Å². The first-order valence-corrected chi connectivity index (χ1v) is 8.95. The van der Waals surface area contributed by atoms with Crippen molar-refractivity contribution in [2.75, 3.05) is 33.4 Å². The van der Waals surface area contributed by atoms with Crippen molar-refractivity contribution in [2.24, 2.45) is 5.92 Å². The van der Waals surface area contributed by atoms with Crippen LogP contribution in [0.2, 0.25) is 0 Å². The maximum Gasteiger partial charge on any atom is 0.310 e. The molecule has 0 spiro atoms. The molecule has 1 aromatic rings. The lowest BCUT2D eigenvalue weighted by molar-refractivity contribution is -0.149. The predicted octanol–water partition coefficient (Wildman–Crippen LogP) is 2.91. The maximum absolute atomic E-state index is 11.9. The van der Waals surface area contributed by atoms with Gasteiger partial charge in [-0.2, -0.15) is 0 Å². The highest BCUT2D eigenvalue weighted by Crippen LogP contribution is 2.28. The Hall–Kier alpha value is -2.34. The first-order valence-electron chi connectivity index (χ1n) is 8.95. The van der Waals surface area contributed by atoms with E-state index in [1.807, 2.05) is 25.1 Å². The van der Waals surface area contributed by atoms with E-state index in [0.717, 1.165) is 38.0 Å². The van der Waals surface area contributed by atoms with Gasteiger partial charge in [-0.25, -0.2) is 0 Å². The lowest BCUT2D eigenvalue weighted by atomic mass is 9.98. The monoisotopic (exact) mass is 361 g/mol. The first-order chi connectivity index (χ1) is 12.5. The zero-order valence-corrected chi connectivity index (χ0v) is 15.7. The van der Waals surface area contributed by atoms with Crippen LogP contribution >= 0.6 is 0 Å². The van der Waals surface area contributed by atoms with Gasteiger partial charge < -0.3 is 14.2 Å². The van der Waals surface area contributed by atoms with Gasteiger partial charge in [-0.3, -0.25) is 14.5 Å². The smallest absolute Gasteiger partial charge is 0.310 e. The molecule has 6 nitrogen and oxygen atoms in total. The zero-order chi connectivity index (χ0) is 18.9. The molecule has 0 bridgehead atoms. The van der Waals surface area contributed by atoms with Crippen molar-refractivity contribution in [3.05, 3.63) is 29.8 Å². The Balaban J connectivity index is 1.93. The molecule has 0 aliphatic carbocycles. The molecule has 142 valence electrons. The fraction of sp³-hybridized carbons (Fsp3) is 0.500. The number of carbonyl (C=O) groups excluding carboxylic acids is 2. The first kappa shape index (κ1) is 20.0. The van der Waals surface area contributed by atoms with Crippen molar-refractivity contribution in [3.8, 4) is 11.5 Å². The molecule has 6 heteroatoms. The summed E-state index contributed by atoms with van der Waals surface area (Å²) < 4.78 is 15.5. The predicted molar refractivity (Wildman–Crippen MR) is 99.1 cm³/mol. The van der Waals surface area contributed by atoms with Crippen LogP contribution in [0.3, 0.4) is 0 Å². The van der Waals surface area contributed by atoms with Gasteiger partial charge in [-0.05, 0) is 44.0 Å². The maximum atomic E-state index is 11.9. The van der Waals surface area contributed by atoms with E-state index in [0.29, 0.717) is 18.1 Å². The van der Waals surface area contributed by atoms with Gasteiger partial charge in [0.25, 0.3) is 0 Å². The molecule has 1 fully saturated rings. The van der Waals surface area contributed by atoms with E-state index in [-0.39, 0.29) is 17.9 Å². The molecule has 1 aliphatic rings. The highest BCUT2D eigenvalue weighted by atomic mass is 16.6. The fourth-order valence-electron chi connectivity index (χ4n) is 3.04. The molecule has 1 aromatic carbocycles. The molecule has 0 N–H and O–H groups in total. The van der Waals surface area contributed by atoms with Crippen molar-refractivity contribution < 1.29 is 23.8 Å². The number of methoxy groups -OCH3 is 1. The summed E-state index contributed by atoms with van der Waals surface area (Å²) in [6.45, 7) is 6.11. The zero-order valence-electron chi connectivity index (χ0n) is 15.7. The minimum Gasteiger partial charge on any atom is -0.493 e. The van der Waals surface area contributed by atoms with E-state index >= 15 is 0 Å². The van der Waals surface area contributed by atoms with Crippen molar-refractivity contribution in [1.82, 2.24) is 4.90 Å². The number of esters is 2. The number of piperidine rings is 1. The highest BCUT2D eigenvalue weighted by Gasteiger charge is 2.26. The van der Waals surface area contributed by atoms with E-state index < -0.39 is 0 Å². The Bertz CT molecular complexity index is 656. The normalized spacial score (nSPS) is 17.9. The fourth-order valence-corrected chi connectivity index (χ4v) is 3.04. The van der Waals surface area contributed by atoms with Crippen molar-refractivity contribution in [2.45, 2.75) is 26.7 Å². The molecule has 1 unspecified atom stereocenters. The topological polar surface area (TPSA) is 65.1 Å². The molecule has 26 heavy (non-hydrogen) atoms. The number of hydrogen-bond acceptors (Lipinski definition) is 6. The standard InChI is InChI=1S/C20H27NO5/c1-4-25-20(23)17-8-6-12-21(14-17)11-5-7-16-9-10-18(26-15(2)22)19(13-16)24-3/h5,7,9-10,13,17H,4,6,8,11-12,14H2,1-3H3. The third-order valence-corrected chi connectivity index (χ3v) is 4.24. The summed E-state index contributed by atoms with van der Waals surface area (Å²) in [6, 6.07) is 5.42. The van der Waals surface area contributed by atoms with Gasteiger partial charge >= 0.3 is 11.9 Å². The van der Waals surface area contributed by atoms with Gasteiger partial charge in [0, 0.05) is 20.0 Å². The van der Waals surface area contributed by atoms with Gasteiger partial charge in [0.2, 0.25) is 0 Å². The number of carbonyl (C=O) groups is 2. The van der Waals surface area contributed by atoms with Gasteiger partial charge in [-0.1, -0.05) is 18.2 Å². The molecule has 1 aliphatic heterocycles. The van der Waals surface area contributed by atoms with Gasteiger partial charge in [0.1, 0.15) is 0 Å². The Morgan fingerprint density at radius 2 is 2.12 bits per heavy atom. The summed E-state index contributed by atoms with van der Waals surface area (Å²) in [5.41, 5.74) is 0.955. The number of hydrogen-bond donors (Lipinski definition) is 0. The van der Waals surface area contributed by atoms with E-state index in [1.54, 1.807) is 13.2 Å². The molecule has 2 rings (SSSR count). The van der Waals surface area contributed by atoms with E-state index in [2.05, 4.69) is 11.0 Å². The van der Waals surface area contributed by atoms with Crippen LogP contribution in [0, 0.1) is 5.92 Å². The molecular formula is C20H27NO5. The highest BCUT2D eigenvalue weighted by molar-refractivity contribution is 5.73. The van der Waals surface area contributed by atoms with Crippen LogP contribution in [0.15, 0.2) is 24.3 Å². The van der Waals surface area contributed by atoms with Gasteiger partial charge in [0.15, 0.2) is 11.5 Å². The minimum atomic E-state index is -0.382. The third-order valence-electron chi connectivity index (χ3n) is 4.24. The van der Waals surface area contributed by atoms with E-state index in [9.17, 15) is 9.59 Å². The van der Waals surface area contributed by atoms with Crippen LogP contribution in [-0.4, -0.2) is 50.2 Å². The van der Waals surface area contributed by atoms with Gasteiger partial charge in [-0.15, -0.1) is 0 Å². The van der Waals surface area contributed by atoms with Crippen LogP contribution in [-0.2, 0) is 14.3 Å². The van der Waals surface area contributed by atoms with Crippen molar-refractivity contribution in [1.29, 1.82) is 0 Å². The SMILES string of the molecule is CCOC(=O)C1CCCN(CC=Cc2ccc(OC(C)=O)c(OC)c2)C1. The second kappa shape index (κ2) is 9.97.